The highest BCUT2D eigenvalue weighted by Gasteiger charge is 2.22. The molecule has 0 spiro atoms. The monoisotopic (exact) mass is 316 g/mol. The minimum Gasteiger partial charge on any atom is -0.356 e. The Kier molecular flexibility index (Phi) is 4.56. The van der Waals surface area contributed by atoms with E-state index in [9.17, 15) is 4.79 Å². The first-order chi connectivity index (χ1) is 8.19. The van der Waals surface area contributed by atoms with Crippen LogP contribution in [0.15, 0.2) is 16.7 Å². The number of H-pyrrole nitrogens is 1. The summed E-state index contributed by atoms with van der Waals surface area (Å²) in [6.45, 7) is 0. The van der Waals surface area contributed by atoms with Gasteiger partial charge in [0.25, 0.3) is 5.91 Å². The van der Waals surface area contributed by atoms with E-state index in [1.54, 1.807) is 6.20 Å². The molecule has 1 amide bonds. The molecule has 17 heavy (non-hydrogen) atoms. The normalized spacial score (nSPS) is 24.6. The molecule has 1 saturated carbocycles. The van der Waals surface area contributed by atoms with Crippen molar-refractivity contribution in [3.63, 3.8) is 0 Å². The summed E-state index contributed by atoms with van der Waals surface area (Å²) in [6.07, 6.45) is 8.55. The van der Waals surface area contributed by atoms with Gasteiger partial charge < -0.3 is 10.3 Å². The quantitative estimate of drug-likeness (QED) is 0.899. The van der Waals surface area contributed by atoms with E-state index in [1.807, 2.05) is 17.8 Å². The number of hydrogen-bond acceptors (Lipinski definition) is 2. The molecule has 1 heterocycles. The average molecular weight is 317 g/mol. The van der Waals surface area contributed by atoms with Gasteiger partial charge >= 0.3 is 0 Å². The van der Waals surface area contributed by atoms with E-state index in [2.05, 4.69) is 32.5 Å². The van der Waals surface area contributed by atoms with Gasteiger partial charge in [0, 0.05) is 22.0 Å². The number of thioether (sulfide) groups is 1. The van der Waals surface area contributed by atoms with Crippen LogP contribution < -0.4 is 5.32 Å². The molecule has 0 saturated heterocycles. The third-order valence-corrected chi connectivity index (χ3v) is 4.83. The number of rotatable bonds is 3. The Morgan fingerprint density at radius 1 is 1.47 bits per heavy atom. The third-order valence-electron chi connectivity index (χ3n) is 3.24. The summed E-state index contributed by atoms with van der Waals surface area (Å²) in [5.41, 5.74) is 0.629. The Hall–Kier alpha value is -0.420. The maximum atomic E-state index is 11.9. The van der Waals surface area contributed by atoms with Gasteiger partial charge in [0.1, 0.15) is 5.69 Å². The minimum absolute atomic E-state index is 0.00306. The fourth-order valence-corrected chi connectivity index (χ4v) is 3.29. The second kappa shape index (κ2) is 5.96. The Morgan fingerprint density at radius 2 is 2.18 bits per heavy atom. The zero-order valence-corrected chi connectivity index (χ0v) is 12.2. The number of carbonyl (C=O) groups excluding carboxylic acids is 1. The molecule has 2 N–H and O–H groups in total. The average Bonchev–Trinajstić information content (AvgIpc) is 2.77. The summed E-state index contributed by atoms with van der Waals surface area (Å²) in [4.78, 5) is 14.9. The first-order valence-corrected chi connectivity index (χ1v) is 7.94. The fraction of sp³-hybridized carbons (Fsp3) is 0.583. The standard InChI is InChI=1S/C12H17BrN2OS/c1-17-10-4-2-9(3-5-10)15-12(16)11-6-8(13)7-14-11/h6-7,9-10,14H,2-5H2,1H3,(H,15,16). The molecule has 1 fully saturated rings. The van der Waals surface area contributed by atoms with Crippen LogP contribution in [0.1, 0.15) is 36.2 Å². The van der Waals surface area contributed by atoms with E-state index in [4.69, 9.17) is 0 Å². The molecule has 0 atom stereocenters. The highest BCUT2D eigenvalue weighted by atomic mass is 79.9. The number of aromatic amines is 1. The molecule has 1 aliphatic carbocycles. The van der Waals surface area contributed by atoms with Crippen molar-refractivity contribution < 1.29 is 4.79 Å². The van der Waals surface area contributed by atoms with E-state index in [0.29, 0.717) is 11.7 Å². The van der Waals surface area contributed by atoms with Crippen molar-refractivity contribution in [2.24, 2.45) is 0 Å². The maximum absolute atomic E-state index is 11.9. The molecule has 0 aliphatic heterocycles. The predicted octanol–water partition coefficient (Wildman–Crippen LogP) is 3.18. The second-order valence-electron chi connectivity index (χ2n) is 4.41. The van der Waals surface area contributed by atoms with Crippen LogP contribution in [0.2, 0.25) is 0 Å². The summed E-state index contributed by atoms with van der Waals surface area (Å²) in [5.74, 6) is 0.00306. The fourth-order valence-electron chi connectivity index (χ4n) is 2.21. The van der Waals surface area contributed by atoms with Crippen LogP contribution in [-0.4, -0.2) is 28.4 Å². The van der Waals surface area contributed by atoms with Crippen molar-refractivity contribution in [1.82, 2.24) is 10.3 Å². The highest BCUT2D eigenvalue weighted by Crippen LogP contribution is 2.27. The van der Waals surface area contributed by atoms with Gasteiger partial charge in [0.2, 0.25) is 0 Å². The maximum Gasteiger partial charge on any atom is 0.267 e. The molecule has 1 aliphatic rings. The molecule has 2 rings (SSSR count). The molecule has 0 aromatic carbocycles. The molecule has 0 radical (unpaired) electrons. The van der Waals surface area contributed by atoms with Gasteiger partial charge in [-0.05, 0) is 53.9 Å². The lowest BCUT2D eigenvalue weighted by atomic mass is 9.95. The van der Waals surface area contributed by atoms with Crippen LogP contribution in [0, 0.1) is 0 Å². The van der Waals surface area contributed by atoms with Crippen molar-refractivity contribution in [3.05, 3.63) is 22.4 Å². The molecule has 5 heteroatoms. The first-order valence-electron chi connectivity index (χ1n) is 5.86. The number of hydrogen-bond donors (Lipinski definition) is 2. The van der Waals surface area contributed by atoms with Crippen LogP contribution in [0.4, 0.5) is 0 Å². The minimum atomic E-state index is 0.00306. The van der Waals surface area contributed by atoms with Crippen LogP contribution in [0.5, 0.6) is 0 Å². The molecule has 0 unspecified atom stereocenters. The van der Waals surface area contributed by atoms with Crippen molar-refractivity contribution >= 4 is 33.6 Å². The summed E-state index contributed by atoms with van der Waals surface area (Å²) in [7, 11) is 0. The summed E-state index contributed by atoms with van der Waals surface area (Å²) >= 11 is 5.27. The van der Waals surface area contributed by atoms with Gasteiger partial charge in [-0.2, -0.15) is 11.8 Å². The zero-order valence-electron chi connectivity index (χ0n) is 9.83. The first kappa shape index (κ1) is 13.0. The summed E-state index contributed by atoms with van der Waals surface area (Å²) < 4.78 is 0.911. The second-order valence-corrected chi connectivity index (χ2v) is 6.47. The zero-order chi connectivity index (χ0) is 12.3. The van der Waals surface area contributed by atoms with Gasteiger partial charge in [-0.25, -0.2) is 0 Å². The predicted molar refractivity (Wildman–Crippen MR) is 75.5 cm³/mol. The van der Waals surface area contributed by atoms with E-state index >= 15 is 0 Å². The topological polar surface area (TPSA) is 44.9 Å². The van der Waals surface area contributed by atoms with Crippen molar-refractivity contribution in [1.29, 1.82) is 0 Å². The SMILES string of the molecule is CSC1CCC(NC(=O)c2cc(Br)c[nH]2)CC1. The molecular weight excluding hydrogens is 300 g/mol. The van der Waals surface area contributed by atoms with Crippen molar-refractivity contribution in [2.75, 3.05) is 6.26 Å². The molecule has 1 aromatic heterocycles. The van der Waals surface area contributed by atoms with Gasteiger partial charge in [0.05, 0.1) is 0 Å². The molecular formula is C12H17BrN2OS. The number of nitrogens with one attached hydrogen (secondary N) is 2. The molecule has 0 bridgehead atoms. The van der Waals surface area contributed by atoms with Crippen molar-refractivity contribution in [3.8, 4) is 0 Å². The smallest absolute Gasteiger partial charge is 0.267 e. The summed E-state index contributed by atoms with van der Waals surface area (Å²) in [6, 6.07) is 2.15. The van der Waals surface area contributed by atoms with Crippen LogP contribution in [0.3, 0.4) is 0 Å². The lowest BCUT2D eigenvalue weighted by molar-refractivity contribution is 0.0923. The van der Waals surface area contributed by atoms with Crippen molar-refractivity contribution in [2.45, 2.75) is 37.0 Å². The molecule has 94 valence electrons. The molecule has 3 nitrogen and oxygen atoms in total. The number of halogens is 1. The Bertz CT molecular complexity index is 386. The van der Waals surface area contributed by atoms with Gasteiger partial charge in [-0.3, -0.25) is 4.79 Å². The largest absolute Gasteiger partial charge is 0.356 e. The van der Waals surface area contributed by atoms with Gasteiger partial charge in [-0.15, -0.1) is 0 Å². The summed E-state index contributed by atoms with van der Waals surface area (Å²) in [5, 5.41) is 3.87. The van der Waals surface area contributed by atoms with E-state index in [0.717, 1.165) is 22.6 Å². The van der Waals surface area contributed by atoms with E-state index in [1.165, 1.54) is 12.8 Å². The number of carbonyl (C=O) groups is 1. The highest BCUT2D eigenvalue weighted by molar-refractivity contribution is 9.10. The van der Waals surface area contributed by atoms with Crippen LogP contribution in [-0.2, 0) is 0 Å². The Labute approximate surface area is 114 Å². The Morgan fingerprint density at radius 3 is 2.71 bits per heavy atom. The number of aromatic nitrogens is 1. The lowest BCUT2D eigenvalue weighted by Gasteiger charge is -2.27. The van der Waals surface area contributed by atoms with Gasteiger partial charge in [-0.1, -0.05) is 0 Å². The Balaban J connectivity index is 1.84. The van der Waals surface area contributed by atoms with E-state index < -0.39 is 0 Å². The van der Waals surface area contributed by atoms with E-state index in [-0.39, 0.29) is 5.91 Å². The van der Waals surface area contributed by atoms with Gasteiger partial charge in [0.15, 0.2) is 0 Å². The number of amides is 1. The van der Waals surface area contributed by atoms with Crippen LogP contribution in [0.25, 0.3) is 0 Å². The molecule has 1 aromatic rings. The third kappa shape index (κ3) is 3.52. The lowest BCUT2D eigenvalue weighted by Crippen LogP contribution is -2.38. The van der Waals surface area contributed by atoms with Crippen LogP contribution >= 0.6 is 27.7 Å².